The Bertz CT molecular complexity index is 879. The number of carboxylic acids is 1. The molecule has 2 aliphatic rings. The lowest BCUT2D eigenvalue weighted by Crippen LogP contribution is -2.45. The van der Waals surface area contributed by atoms with Gasteiger partial charge in [-0.05, 0) is 42.5 Å². The van der Waals surface area contributed by atoms with Crippen LogP contribution in [-0.2, 0) is 9.53 Å². The smallest absolute Gasteiger partial charge is 0.311 e. The number of benzene rings is 1. The van der Waals surface area contributed by atoms with E-state index in [9.17, 15) is 19.1 Å². The number of nitrogens with zero attached hydrogens (tertiary/aromatic N) is 1. The standard InChI is InChI=1S/C18H18FNO4S/c1-10-13-6-12(19)2-3-14(13)25-15(10)16(21)20-7-11-8-24-5-4-18(11,9-20)17(22)23/h2-3,6,11H,4-5,7-9H2,1H3,(H,22,23)/t11-,18+/m0/s1. The van der Waals surface area contributed by atoms with E-state index < -0.39 is 11.4 Å². The van der Waals surface area contributed by atoms with Gasteiger partial charge in [0.25, 0.3) is 5.91 Å². The zero-order valence-electron chi connectivity index (χ0n) is 13.8. The third-order valence-corrected chi connectivity index (χ3v) is 6.77. The number of carbonyl (C=O) groups excluding carboxylic acids is 1. The average molecular weight is 363 g/mol. The molecule has 0 unspecified atom stereocenters. The Balaban J connectivity index is 1.68. The van der Waals surface area contributed by atoms with E-state index in [2.05, 4.69) is 0 Å². The van der Waals surface area contributed by atoms with Crippen molar-refractivity contribution in [3.63, 3.8) is 0 Å². The van der Waals surface area contributed by atoms with E-state index in [4.69, 9.17) is 4.74 Å². The van der Waals surface area contributed by atoms with Crippen molar-refractivity contribution in [1.29, 1.82) is 0 Å². The first-order chi connectivity index (χ1) is 11.9. The second-order valence-electron chi connectivity index (χ2n) is 6.87. The highest BCUT2D eigenvalue weighted by atomic mass is 32.1. The van der Waals surface area contributed by atoms with Crippen LogP contribution in [0.1, 0.15) is 21.7 Å². The molecular weight excluding hydrogens is 345 g/mol. The van der Waals surface area contributed by atoms with E-state index in [1.165, 1.54) is 23.5 Å². The molecule has 1 N–H and O–H groups in total. The number of amides is 1. The Hall–Kier alpha value is -1.99. The van der Waals surface area contributed by atoms with Gasteiger partial charge in [-0.1, -0.05) is 0 Å². The molecular formula is C18H18FNO4S. The molecule has 0 radical (unpaired) electrons. The molecule has 25 heavy (non-hydrogen) atoms. The summed E-state index contributed by atoms with van der Waals surface area (Å²) in [7, 11) is 0. The molecule has 2 saturated heterocycles. The molecule has 5 nitrogen and oxygen atoms in total. The number of hydrogen-bond donors (Lipinski definition) is 1. The molecule has 0 aliphatic carbocycles. The molecule has 132 valence electrons. The maximum absolute atomic E-state index is 13.5. The summed E-state index contributed by atoms with van der Waals surface area (Å²) in [5, 5.41) is 10.5. The molecule has 0 spiro atoms. The lowest BCUT2D eigenvalue weighted by Gasteiger charge is -2.33. The Morgan fingerprint density at radius 2 is 2.24 bits per heavy atom. The Morgan fingerprint density at radius 1 is 1.44 bits per heavy atom. The van der Waals surface area contributed by atoms with Crippen molar-refractivity contribution >= 4 is 33.3 Å². The number of aryl methyl sites for hydroxylation is 1. The van der Waals surface area contributed by atoms with E-state index in [1.54, 1.807) is 11.0 Å². The number of halogens is 1. The Labute approximate surface area is 148 Å². The van der Waals surface area contributed by atoms with Gasteiger partial charge in [0.05, 0.1) is 16.9 Å². The third kappa shape index (κ3) is 2.45. The van der Waals surface area contributed by atoms with Gasteiger partial charge in [0, 0.05) is 30.3 Å². The van der Waals surface area contributed by atoms with Crippen LogP contribution in [-0.4, -0.2) is 48.2 Å². The van der Waals surface area contributed by atoms with E-state index in [1.807, 2.05) is 6.92 Å². The number of likely N-dealkylation sites (tertiary alicyclic amines) is 1. The lowest BCUT2D eigenvalue weighted by atomic mass is 9.74. The molecule has 1 amide bonds. The molecule has 1 aromatic carbocycles. The minimum Gasteiger partial charge on any atom is -0.481 e. The van der Waals surface area contributed by atoms with Crippen molar-refractivity contribution < 1.29 is 23.8 Å². The molecule has 2 atom stereocenters. The maximum atomic E-state index is 13.5. The van der Waals surface area contributed by atoms with Gasteiger partial charge >= 0.3 is 5.97 Å². The fourth-order valence-electron chi connectivity index (χ4n) is 3.99. The number of thiophene rings is 1. The second-order valence-corrected chi connectivity index (χ2v) is 7.92. The molecule has 2 aromatic rings. The largest absolute Gasteiger partial charge is 0.481 e. The SMILES string of the molecule is Cc1c(C(=O)N2C[C@H]3COCC[C@@]3(C(=O)O)C2)sc2ccc(F)cc12. The van der Waals surface area contributed by atoms with Crippen molar-refractivity contribution in [2.24, 2.45) is 11.3 Å². The van der Waals surface area contributed by atoms with Crippen LogP contribution in [0.3, 0.4) is 0 Å². The maximum Gasteiger partial charge on any atom is 0.311 e. The zero-order chi connectivity index (χ0) is 17.8. The van der Waals surface area contributed by atoms with Gasteiger partial charge in [-0.3, -0.25) is 9.59 Å². The lowest BCUT2D eigenvalue weighted by molar-refractivity contribution is -0.157. The predicted molar refractivity (Wildman–Crippen MR) is 91.4 cm³/mol. The first-order valence-corrected chi connectivity index (χ1v) is 9.03. The minimum atomic E-state index is -0.912. The number of aliphatic carboxylic acids is 1. The molecule has 7 heteroatoms. The number of rotatable bonds is 2. The van der Waals surface area contributed by atoms with Crippen molar-refractivity contribution in [2.75, 3.05) is 26.3 Å². The summed E-state index contributed by atoms with van der Waals surface area (Å²) >= 11 is 1.33. The Morgan fingerprint density at radius 3 is 2.96 bits per heavy atom. The predicted octanol–water partition coefficient (Wildman–Crippen LogP) is 2.91. The fourth-order valence-corrected chi connectivity index (χ4v) is 5.15. The van der Waals surface area contributed by atoms with Gasteiger partial charge in [0.1, 0.15) is 5.82 Å². The second kappa shape index (κ2) is 5.78. The van der Waals surface area contributed by atoms with Crippen molar-refractivity contribution in [3.05, 3.63) is 34.5 Å². The molecule has 3 heterocycles. The number of carboxylic acid groups (broad SMARTS) is 1. The summed E-state index contributed by atoms with van der Waals surface area (Å²) in [5.74, 6) is -1.54. The quantitative estimate of drug-likeness (QED) is 0.891. The molecule has 4 rings (SSSR count). The highest BCUT2D eigenvalue weighted by molar-refractivity contribution is 7.21. The van der Waals surface area contributed by atoms with Gasteiger partial charge in [0.2, 0.25) is 0 Å². The molecule has 2 fully saturated rings. The highest BCUT2D eigenvalue weighted by Crippen LogP contribution is 2.43. The summed E-state index contributed by atoms with van der Waals surface area (Å²) < 4.78 is 19.8. The van der Waals surface area contributed by atoms with E-state index >= 15 is 0 Å². The van der Waals surface area contributed by atoms with Crippen LogP contribution in [0.4, 0.5) is 4.39 Å². The number of hydrogen-bond acceptors (Lipinski definition) is 4. The minimum absolute atomic E-state index is 0.172. The van der Waals surface area contributed by atoms with Crippen LogP contribution in [0, 0.1) is 24.1 Å². The number of ether oxygens (including phenoxy) is 1. The van der Waals surface area contributed by atoms with Gasteiger partial charge in [0.15, 0.2) is 0 Å². The van der Waals surface area contributed by atoms with Gasteiger partial charge in [-0.25, -0.2) is 4.39 Å². The normalized spacial score (nSPS) is 26.0. The van der Waals surface area contributed by atoms with Crippen molar-refractivity contribution in [2.45, 2.75) is 13.3 Å². The molecule has 2 aliphatic heterocycles. The van der Waals surface area contributed by atoms with Crippen molar-refractivity contribution in [3.8, 4) is 0 Å². The van der Waals surface area contributed by atoms with Crippen LogP contribution >= 0.6 is 11.3 Å². The first kappa shape index (κ1) is 16.5. The van der Waals surface area contributed by atoms with Crippen LogP contribution in [0.5, 0.6) is 0 Å². The summed E-state index contributed by atoms with van der Waals surface area (Å²) in [6.45, 7) is 3.17. The van der Waals surface area contributed by atoms with Crippen LogP contribution in [0.15, 0.2) is 18.2 Å². The van der Waals surface area contributed by atoms with Crippen LogP contribution in [0.2, 0.25) is 0 Å². The van der Waals surface area contributed by atoms with Gasteiger partial charge in [-0.15, -0.1) is 11.3 Å². The summed E-state index contributed by atoms with van der Waals surface area (Å²) in [5.41, 5.74) is -0.162. The summed E-state index contributed by atoms with van der Waals surface area (Å²) in [6, 6.07) is 4.50. The molecule has 1 aromatic heterocycles. The van der Waals surface area contributed by atoms with E-state index in [-0.39, 0.29) is 24.2 Å². The fraction of sp³-hybridized carbons (Fsp3) is 0.444. The van der Waals surface area contributed by atoms with Crippen LogP contribution < -0.4 is 0 Å². The van der Waals surface area contributed by atoms with E-state index in [0.717, 1.165) is 15.6 Å². The summed E-state index contributed by atoms with van der Waals surface area (Å²) in [6.07, 6.45) is 0.424. The number of fused-ring (bicyclic) bond motifs is 2. The highest BCUT2D eigenvalue weighted by Gasteiger charge is 2.55. The molecule has 0 bridgehead atoms. The topological polar surface area (TPSA) is 66.8 Å². The Kier molecular flexibility index (Phi) is 3.81. The van der Waals surface area contributed by atoms with Gasteiger partial charge in [-0.2, -0.15) is 0 Å². The van der Waals surface area contributed by atoms with Crippen LogP contribution in [0.25, 0.3) is 10.1 Å². The monoisotopic (exact) mass is 363 g/mol. The zero-order valence-corrected chi connectivity index (χ0v) is 14.6. The third-order valence-electron chi connectivity index (χ3n) is 5.51. The van der Waals surface area contributed by atoms with Gasteiger partial charge < -0.3 is 14.7 Å². The summed E-state index contributed by atoms with van der Waals surface area (Å²) in [4.78, 5) is 27.1. The average Bonchev–Trinajstić information content (AvgIpc) is 3.14. The first-order valence-electron chi connectivity index (χ1n) is 8.21. The number of carbonyl (C=O) groups is 2. The van der Waals surface area contributed by atoms with Crippen molar-refractivity contribution in [1.82, 2.24) is 4.90 Å². The van der Waals surface area contributed by atoms with E-state index in [0.29, 0.717) is 31.1 Å². The molecule has 0 saturated carbocycles.